The van der Waals surface area contributed by atoms with Crippen LogP contribution in [-0.2, 0) is 15.1 Å². The molecule has 8 nitrogen and oxygen atoms in total. The molecule has 0 bridgehead atoms. The van der Waals surface area contributed by atoms with Crippen molar-refractivity contribution in [2.45, 2.75) is 19.4 Å². The highest BCUT2D eigenvalue weighted by Crippen LogP contribution is 2.29. The lowest BCUT2D eigenvalue weighted by molar-refractivity contribution is -0.139. The molecule has 2 aromatic rings. The highest BCUT2D eigenvalue weighted by molar-refractivity contribution is 6.08. The Balaban J connectivity index is 1.65. The number of nitrogens with zero attached hydrogens (tertiary/aromatic N) is 1. The normalized spacial score (nSPS) is 18.6. The van der Waals surface area contributed by atoms with Gasteiger partial charge in [-0.3, -0.25) is 15.0 Å². The van der Waals surface area contributed by atoms with E-state index in [9.17, 15) is 14.4 Å². The first-order valence-electron chi connectivity index (χ1n) is 8.63. The Bertz CT molecular complexity index is 895. The van der Waals surface area contributed by atoms with Gasteiger partial charge in [-0.05, 0) is 43.7 Å². The number of methoxy groups -OCH3 is 1. The SMILES string of the molecule is COc1ccc([C@]2(C)NC(=O)N(NC(=O)COc3ccc(C)cc3)C2=O)cc1. The number of carbonyl (C=O) groups is 3. The molecular formula is C20H21N3O5. The third-order valence-electron chi connectivity index (χ3n) is 4.49. The van der Waals surface area contributed by atoms with E-state index in [4.69, 9.17) is 9.47 Å². The van der Waals surface area contributed by atoms with Gasteiger partial charge in [-0.1, -0.05) is 29.8 Å². The first-order chi connectivity index (χ1) is 13.3. The lowest BCUT2D eigenvalue weighted by Crippen LogP contribution is -2.49. The standard InChI is InChI=1S/C20H21N3O5/c1-13-4-8-16(9-5-13)28-12-17(24)22-23-18(25)20(2,21-19(23)26)14-6-10-15(27-3)11-7-14/h4-11H,12H2,1-3H3,(H,21,26)(H,22,24)/t20-/m0/s1. The maximum Gasteiger partial charge on any atom is 0.344 e. The lowest BCUT2D eigenvalue weighted by Gasteiger charge is -2.22. The van der Waals surface area contributed by atoms with Crippen LogP contribution in [0.2, 0.25) is 0 Å². The Morgan fingerprint density at radius 3 is 2.29 bits per heavy atom. The molecular weight excluding hydrogens is 362 g/mol. The van der Waals surface area contributed by atoms with Gasteiger partial charge in [0, 0.05) is 0 Å². The van der Waals surface area contributed by atoms with Gasteiger partial charge in [0.1, 0.15) is 17.0 Å². The summed E-state index contributed by atoms with van der Waals surface area (Å²) in [7, 11) is 1.54. The first-order valence-corrected chi connectivity index (χ1v) is 8.63. The summed E-state index contributed by atoms with van der Waals surface area (Å²) in [6.07, 6.45) is 0. The third-order valence-corrected chi connectivity index (χ3v) is 4.49. The number of amides is 4. The number of nitrogens with one attached hydrogen (secondary N) is 2. The molecule has 146 valence electrons. The van der Waals surface area contributed by atoms with Gasteiger partial charge in [-0.2, -0.15) is 5.01 Å². The summed E-state index contributed by atoms with van der Waals surface area (Å²) in [5.41, 5.74) is 2.63. The number of hydrogen-bond acceptors (Lipinski definition) is 5. The van der Waals surface area contributed by atoms with Crippen molar-refractivity contribution < 1.29 is 23.9 Å². The van der Waals surface area contributed by atoms with Gasteiger partial charge in [0.05, 0.1) is 7.11 Å². The summed E-state index contributed by atoms with van der Waals surface area (Å²) in [5, 5.41) is 3.28. The molecule has 1 saturated heterocycles. The summed E-state index contributed by atoms with van der Waals surface area (Å²) < 4.78 is 10.5. The van der Waals surface area contributed by atoms with Crippen molar-refractivity contribution in [2.24, 2.45) is 0 Å². The van der Waals surface area contributed by atoms with Gasteiger partial charge in [0.25, 0.3) is 11.8 Å². The smallest absolute Gasteiger partial charge is 0.344 e. The second-order valence-corrected chi connectivity index (χ2v) is 6.56. The molecule has 0 saturated carbocycles. The quantitative estimate of drug-likeness (QED) is 0.743. The lowest BCUT2D eigenvalue weighted by atomic mass is 9.92. The fourth-order valence-corrected chi connectivity index (χ4v) is 2.80. The zero-order valence-electron chi connectivity index (χ0n) is 15.8. The second kappa shape index (κ2) is 7.59. The fraction of sp³-hybridized carbons (Fsp3) is 0.250. The van der Waals surface area contributed by atoms with Crippen molar-refractivity contribution in [3.8, 4) is 11.5 Å². The van der Waals surface area contributed by atoms with Gasteiger partial charge in [-0.15, -0.1) is 0 Å². The molecule has 2 N–H and O–H groups in total. The zero-order chi connectivity index (χ0) is 20.3. The number of aryl methyl sites for hydroxylation is 1. The molecule has 1 heterocycles. The molecule has 0 spiro atoms. The van der Waals surface area contributed by atoms with Gasteiger partial charge >= 0.3 is 6.03 Å². The number of imide groups is 1. The van der Waals surface area contributed by atoms with Crippen LogP contribution in [0, 0.1) is 6.92 Å². The highest BCUT2D eigenvalue weighted by Gasteiger charge is 2.50. The molecule has 4 amide bonds. The van der Waals surface area contributed by atoms with Crippen molar-refractivity contribution in [3.05, 3.63) is 59.7 Å². The molecule has 1 atom stereocenters. The number of carbonyl (C=O) groups excluding carboxylic acids is 3. The number of ether oxygens (including phenoxy) is 2. The molecule has 28 heavy (non-hydrogen) atoms. The Kier molecular flexibility index (Phi) is 5.21. The average molecular weight is 383 g/mol. The molecule has 8 heteroatoms. The highest BCUT2D eigenvalue weighted by atomic mass is 16.5. The molecule has 0 radical (unpaired) electrons. The number of rotatable bonds is 6. The number of hydrazine groups is 1. The van der Waals surface area contributed by atoms with Crippen molar-refractivity contribution in [1.29, 1.82) is 0 Å². The average Bonchev–Trinajstić information content (AvgIpc) is 2.91. The maximum atomic E-state index is 12.8. The summed E-state index contributed by atoms with van der Waals surface area (Å²) in [5.74, 6) is -0.0713. The second-order valence-electron chi connectivity index (χ2n) is 6.56. The van der Waals surface area contributed by atoms with E-state index >= 15 is 0 Å². The molecule has 0 aromatic heterocycles. The van der Waals surface area contributed by atoms with Gasteiger partial charge in [-0.25, -0.2) is 4.79 Å². The summed E-state index contributed by atoms with van der Waals surface area (Å²) >= 11 is 0. The van der Waals surface area contributed by atoms with E-state index in [0.717, 1.165) is 5.56 Å². The van der Waals surface area contributed by atoms with Crippen molar-refractivity contribution in [1.82, 2.24) is 15.8 Å². The summed E-state index contributed by atoms with van der Waals surface area (Å²) in [6, 6.07) is 13.2. The van der Waals surface area contributed by atoms with Gasteiger partial charge in [0.15, 0.2) is 6.61 Å². The van der Waals surface area contributed by atoms with Gasteiger partial charge < -0.3 is 14.8 Å². The monoisotopic (exact) mass is 383 g/mol. The van der Waals surface area contributed by atoms with E-state index in [0.29, 0.717) is 22.1 Å². The minimum atomic E-state index is -1.30. The number of hydrogen-bond donors (Lipinski definition) is 2. The molecule has 0 unspecified atom stereocenters. The first kappa shape index (κ1) is 19.2. The van der Waals surface area contributed by atoms with Crippen LogP contribution in [0.25, 0.3) is 0 Å². The Labute approximate surface area is 162 Å². The Morgan fingerprint density at radius 2 is 1.68 bits per heavy atom. The van der Waals surface area contributed by atoms with E-state index in [-0.39, 0.29) is 6.61 Å². The van der Waals surface area contributed by atoms with Crippen LogP contribution in [0.3, 0.4) is 0 Å². The minimum Gasteiger partial charge on any atom is -0.497 e. The molecule has 1 aliphatic heterocycles. The molecule has 2 aromatic carbocycles. The van der Waals surface area contributed by atoms with E-state index in [1.807, 2.05) is 19.1 Å². The maximum absolute atomic E-state index is 12.8. The summed E-state index contributed by atoms with van der Waals surface area (Å²) in [6.45, 7) is 3.18. The number of benzene rings is 2. The van der Waals surface area contributed by atoms with E-state index < -0.39 is 23.4 Å². The minimum absolute atomic E-state index is 0.334. The van der Waals surface area contributed by atoms with E-state index in [1.165, 1.54) is 7.11 Å². The zero-order valence-corrected chi connectivity index (χ0v) is 15.8. The van der Waals surface area contributed by atoms with Crippen molar-refractivity contribution >= 4 is 17.8 Å². The van der Waals surface area contributed by atoms with Crippen LogP contribution in [0.15, 0.2) is 48.5 Å². The van der Waals surface area contributed by atoms with Crippen molar-refractivity contribution in [2.75, 3.05) is 13.7 Å². The Morgan fingerprint density at radius 1 is 1.07 bits per heavy atom. The molecule has 1 fully saturated rings. The topological polar surface area (TPSA) is 97.0 Å². The predicted octanol–water partition coefficient (Wildman–Crippen LogP) is 1.88. The van der Waals surface area contributed by atoms with Crippen LogP contribution in [-0.4, -0.2) is 36.6 Å². The van der Waals surface area contributed by atoms with Gasteiger partial charge in [0.2, 0.25) is 0 Å². The molecule has 3 rings (SSSR count). The number of urea groups is 1. The van der Waals surface area contributed by atoms with Crippen LogP contribution in [0.4, 0.5) is 4.79 Å². The van der Waals surface area contributed by atoms with Crippen LogP contribution in [0.5, 0.6) is 11.5 Å². The van der Waals surface area contributed by atoms with Crippen molar-refractivity contribution in [3.63, 3.8) is 0 Å². The van der Waals surface area contributed by atoms with E-state index in [1.54, 1.807) is 43.3 Å². The molecule has 1 aliphatic rings. The predicted molar refractivity (Wildman–Crippen MR) is 101 cm³/mol. The van der Waals surface area contributed by atoms with Crippen LogP contribution >= 0.6 is 0 Å². The van der Waals surface area contributed by atoms with Crippen LogP contribution < -0.4 is 20.2 Å². The van der Waals surface area contributed by atoms with E-state index in [2.05, 4.69) is 10.7 Å². The summed E-state index contributed by atoms with van der Waals surface area (Å²) in [4.78, 5) is 37.2. The largest absolute Gasteiger partial charge is 0.497 e. The fourth-order valence-electron chi connectivity index (χ4n) is 2.80. The van der Waals surface area contributed by atoms with Crippen LogP contribution in [0.1, 0.15) is 18.1 Å². The Hall–Kier alpha value is -3.55. The third kappa shape index (κ3) is 3.75. The molecule has 0 aliphatic carbocycles.